The molecule has 1 heterocycles. The van der Waals surface area contributed by atoms with Crippen LogP contribution in [0.3, 0.4) is 0 Å². The third kappa shape index (κ3) is 7.12. The van der Waals surface area contributed by atoms with Crippen LogP contribution >= 0.6 is 24.0 Å². The lowest BCUT2D eigenvalue weighted by atomic mass is 10.2. The summed E-state index contributed by atoms with van der Waals surface area (Å²) in [5, 5.41) is 9.39. The minimum absolute atomic E-state index is 0. The number of halogens is 1. The van der Waals surface area contributed by atoms with Gasteiger partial charge in [-0.05, 0) is 30.7 Å². The normalized spacial score (nSPS) is 12.9. The van der Waals surface area contributed by atoms with Gasteiger partial charge in [0.05, 0.1) is 13.2 Å². The van der Waals surface area contributed by atoms with Gasteiger partial charge < -0.3 is 25.4 Å². The molecule has 156 valence electrons. The minimum Gasteiger partial charge on any atom is -0.490 e. The van der Waals surface area contributed by atoms with E-state index in [-0.39, 0.29) is 29.9 Å². The second-order valence-electron chi connectivity index (χ2n) is 6.31. The standard InChI is InChI=1S/C21H26N4O3.HI/c1-22-21(24-12-5-11-23-20(26)16-7-3-2-4-8-16)25-17-9-10-18-19(15-17)28-14-6-13-27-18;/h2-4,7-10,15H,5-6,11-14H2,1H3,(H,23,26)(H2,22,24,25);1H. The minimum atomic E-state index is -0.0599. The molecule has 0 fully saturated rings. The van der Waals surface area contributed by atoms with E-state index in [1.165, 1.54) is 0 Å². The van der Waals surface area contributed by atoms with Crippen molar-refractivity contribution < 1.29 is 14.3 Å². The molecule has 0 saturated carbocycles. The largest absolute Gasteiger partial charge is 0.490 e. The van der Waals surface area contributed by atoms with Crippen molar-refractivity contribution in [3.8, 4) is 11.5 Å². The number of hydrogen-bond acceptors (Lipinski definition) is 4. The highest BCUT2D eigenvalue weighted by Crippen LogP contribution is 2.32. The Morgan fingerprint density at radius 3 is 2.48 bits per heavy atom. The van der Waals surface area contributed by atoms with Gasteiger partial charge in [-0.1, -0.05) is 18.2 Å². The highest BCUT2D eigenvalue weighted by atomic mass is 127. The highest BCUT2D eigenvalue weighted by Gasteiger charge is 2.11. The molecule has 0 saturated heterocycles. The Balaban J connectivity index is 0.00000300. The molecule has 29 heavy (non-hydrogen) atoms. The Morgan fingerprint density at radius 1 is 1.00 bits per heavy atom. The fourth-order valence-corrected chi connectivity index (χ4v) is 2.75. The van der Waals surface area contributed by atoms with Gasteiger partial charge in [0.1, 0.15) is 0 Å². The summed E-state index contributed by atoms with van der Waals surface area (Å²) in [6.07, 6.45) is 1.65. The summed E-state index contributed by atoms with van der Waals surface area (Å²) < 4.78 is 11.4. The number of hydrogen-bond donors (Lipinski definition) is 3. The van der Waals surface area contributed by atoms with Gasteiger partial charge >= 0.3 is 0 Å². The van der Waals surface area contributed by atoms with Crippen LogP contribution in [-0.4, -0.2) is 45.2 Å². The molecule has 3 rings (SSSR count). The maximum atomic E-state index is 12.0. The average Bonchev–Trinajstić information content (AvgIpc) is 2.98. The fourth-order valence-electron chi connectivity index (χ4n) is 2.75. The summed E-state index contributed by atoms with van der Waals surface area (Å²) in [7, 11) is 1.72. The van der Waals surface area contributed by atoms with E-state index >= 15 is 0 Å². The molecular formula is C21H27IN4O3. The monoisotopic (exact) mass is 510 g/mol. The van der Waals surface area contributed by atoms with E-state index in [0.29, 0.717) is 37.8 Å². The molecule has 7 nitrogen and oxygen atoms in total. The van der Waals surface area contributed by atoms with Crippen molar-refractivity contribution in [2.24, 2.45) is 4.99 Å². The molecule has 3 N–H and O–H groups in total. The third-order valence-electron chi connectivity index (χ3n) is 4.20. The summed E-state index contributed by atoms with van der Waals surface area (Å²) in [6, 6.07) is 14.9. The van der Waals surface area contributed by atoms with Crippen molar-refractivity contribution >= 4 is 41.5 Å². The van der Waals surface area contributed by atoms with Crippen LogP contribution < -0.4 is 25.4 Å². The van der Waals surface area contributed by atoms with E-state index in [9.17, 15) is 4.79 Å². The number of carbonyl (C=O) groups excluding carboxylic acids is 1. The van der Waals surface area contributed by atoms with Gasteiger partial charge in [-0.15, -0.1) is 24.0 Å². The van der Waals surface area contributed by atoms with Crippen LogP contribution in [0.25, 0.3) is 0 Å². The third-order valence-corrected chi connectivity index (χ3v) is 4.20. The van der Waals surface area contributed by atoms with E-state index in [2.05, 4.69) is 20.9 Å². The lowest BCUT2D eigenvalue weighted by molar-refractivity contribution is 0.0953. The number of rotatable bonds is 6. The Morgan fingerprint density at radius 2 is 1.72 bits per heavy atom. The molecule has 0 aromatic heterocycles. The molecule has 2 aromatic carbocycles. The van der Waals surface area contributed by atoms with E-state index in [1.54, 1.807) is 19.2 Å². The van der Waals surface area contributed by atoms with Crippen molar-refractivity contribution in [1.29, 1.82) is 0 Å². The van der Waals surface area contributed by atoms with Crippen LogP contribution in [0.15, 0.2) is 53.5 Å². The van der Waals surface area contributed by atoms with Crippen molar-refractivity contribution in [2.45, 2.75) is 12.8 Å². The molecule has 0 atom stereocenters. The van der Waals surface area contributed by atoms with Crippen molar-refractivity contribution in [2.75, 3.05) is 38.7 Å². The van der Waals surface area contributed by atoms with Crippen molar-refractivity contribution in [3.05, 3.63) is 54.1 Å². The number of aliphatic imine (C=N–C) groups is 1. The quantitative estimate of drug-likeness (QED) is 0.241. The molecular weight excluding hydrogens is 483 g/mol. The number of anilines is 1. The maximum absolute atomic E-state index is 12.0. The first kappa shape index (κ1) is 22.8. The van der Waals surface area contributed by atoms with Crippen LogP contribution in [0.4, 0.5) is 5.69 Å². The number of fused-ring (bicyclic) bond motifs is 1. The summed E-state index contributed by atoms with van der Waals surface area (Å²) in [4.78, 5) is 16.2. The molecule has 0 aliphatic carbocycles. The predicted octanol–water partition coefficient (Wildman–Crippen LogP) is 3.27. The zero-order valence-electron chi connectivity index (χ0n) is 16.4. The lowest BCUT2D eigenvalue weighted by Crippen LogP contribution is -2.33. The number of carbonyl (C=O) groups is 1. The Bertz CT molecular complexity index is 815. The van der Waals surface area contributed by atoms with Crippen LogP contribution in [-0.2, 0) is 0 Å². The summed E-state index contributed by atoms with van der Waals surface area (Å²) in [5.41, 5.74) is 1.54. The van der Waals surface area contributed by atoms with E-state index in [1.807, 2.05) is 36.4 Å². The first-order chi connectivity index (χ1) is 13.8. The Hall–Kier alpha value is -2.49. The summed E-state index contributed by atoms with van der Waals surface area (Å²) in [5.74, 6) is 2.10. The molecule has 0 unspecified atom stereocenters. The van der Waals surface area contributed by atoms with Gasteiger partial charge in [-0.2, -0.15) is 0 Å². The van der Waals surface area contributed by atoms with E-state index in [0.717, 1.165) is 30.0 Å². The molecule has 8 heteroatoms. The molecule has 1 amide bonds. The van der Waals surface area contributed by atoms with Crippen LogP contribution in [0.2, 0.25) is 0 Å². The average molecular weight is 510 g/mol. The number of nitrogens with zero attached hydrogens (tertiary/aromatic N) is 1. The topological polar surface area (TPSA) is 84.0 Å². The zero-order valence-corrected chi connectivity index (χ0v) is 18.8. The summed E-state index contributed by atoms with van der Waals surface area (Å²) >= 11 is 0. The van der Waals surface area contributed by atoms with Crippen LogP contribution in [0, 0.1) is 0 Å². The predicted molar refractivity (Wildman–Crippen MR) is 126 cm³/mol. The number of nitrogens with one attached hydrogen (secondary N) is 3. The van der Waals surface area contributed by atoms with Gasteiger partial charge in [0, 0.05) is 43.9 Å². The Kier molecular flexibility index (Phi) is 9.55. The second-order valence-corrected chi connectivity index (χ2v) is 6.31. The summed E-state index contributed by atoms with van der Waals surface area (Å²) in [6.45, 7) is 2.59. The van der Waals surface area contributed by atoms with Gasteiger partial charge in [0.2, 0.25) is 0 Å². The second kappa shape index (κ2) is 12.2. The van der Waals surface area contributed by atoms with Gasteiger partial charge in [0.25, 0.3) is 5.91 Å². The number of ether oxygens (including phenoxy) is 2. The molecule has 1 aliphatic heterocycles. The van der Waals surface area contributed by atoms with Gasteiger partial charge in [-0.3, -0.25) is 9.79 Å². The smallest absolute Gasteiger partial charge is 0.251 e. The van der Waals surface area contributed by atoms with Crippen molar-refractivity contribution in [3.63, 3.8) is 0 Å². The lowest BCUT2D eigenvalue weighted by Gasteiger charge is -2.14. The molecule has 1 aliphatic rings. The molecule has 0 bridgehead atoms. The van der Waals surface area contributed by atoms with Gasteiger partial charge in [0.15, 0.2) is 17.5 Å². The van der Waals surface area contributed by atoms with Crippen molar-refractivity contribution in [1.82, 2.24) is 10.6 Å². The first-order valence-electron chi connectivity index (χ1n) is 9.47. The Labute approximate surface area is 188 Å². The fraction of sp³-hybridized carbons (Fsp3) is 0.333. The van der Waals surface area contributed by atoms with Crippen LogP contribution in [0.5, 0.6) is 11.5 Å². The van der Waals surface area contributed by atoms with Gasteiger partial charge in [-0.25, -0.2) is 0 Å². The van der Waals surface area contributed by atoms with E-state index < -0.39 is 0 Å². The maximum Gasteiger partial charge on any atom is 0.251 e. The van der Waals surface area contributed by atoms with Crippen LogP contribution in [0.1, 0.15) is 23.2 Å². The number of benzene rings is 2. The first-order valence-corrected chi connectivity index (χ1v) is 9.47. The highest BCUT2D eigenvalue weighted by molar-refractivity contribution is 14.0. The SMILES string of the molecule is CN=C(NCCCNC(=O)c1ccccc1)Nc1ccc2c(c1)OCCCO2.I. The number of amides is 1. The zero-order chi connectivity index (χ0) is 19.6. The molecule has 0 spiro atoms. The number of guanidine groups is 1. The molecule has 0 radical (unpaired) electrons. The van der Waals surface area contributed by atoms with E-state index in [4.69, 9.17) is 9.47 Å². The molecule has 2 aromatic rings.